The Morgan fingerprint density at radius 1 is 1.37 bits per heavy atom. The highest BCUT2D eigenvalue weighted by molar-refractivity contribution is 5.76. The van der Waals surface area contributed by atoms with Gasteiger partial charge in [-0.15, -0.1) is 0 Å². The molecule has 3 rings (SSSR count). The van der Waals surface area contributed by atoms with Gasteiger partial charge < -0.3 is 15.0 Å². The average molecular weight is 263 g/mol. The van der Waals surface area contributed by atoms with Crippen molar-refractivity contribution < 1.29 is 9.50 Å². The molecule has 5 heteroatoms. The van der Waals surface area contributed by atoms with Gasteiger partial charge in [0.25, 0.3) is 0 Å². The van der Waals surface area contributed by atoms with Crippen molar-refractivity contribution in [2.45, 2.75) is 25.3 Å². The van der Waals surface area contributed by atoms with E-state index in [-0.39, 0.29) is 12.4 Å². The summed E-state index contributed by atoms with van der Waals surface area (Å²) in [5, 5.41) is 12.6. The lowest BCUT2D eigenvalue weighted by molar-refractivity contribution is 0.273. The van der Waals surface area contributed by atoms with Crippen molar-refractivity contribution in [1.82, 2.24) is 14.9 Å². The van der Waals surface area contributed by atoms with Gasteiger partial charge in [-0.1, -0.05) is 0 Å². The Kier molecular flexibility index (Phi) is 3.48. The van der Waals surface area contributed by atoms with Gasteiger partial charge in [-0.25, -0.2) is 9.37 Å². The number of nitrogens with zero attached hydrogens (tertiary/aromatic N) is 2. The van der Waals surface area contributed by atoms with Crippen LogP contribution < -0.4 is 5.32 Å². The first-order valence-corrected chi connectivity index (χ1v) is 6.77. The maximum atomic E-state index is 13.3. The van der Waals surface area contributed by atoms with Gasteiger partial charge in [0.2, 0.25) is 0 Å². The first kappa shape index (κ1) is 12.6. The van der Waals surface area contributed by atoms with Crippen LogP contribution in [0.2, 0.25) is 0 Å². The summed E-state index contributed by atoms with van der Waals surface area (Å²) in [6.45, 7) is 2.56. The Balaban J connectivity index is 2.08. The van der Waals surface area contributed by atoms with E-state index in [1.807, 2.05) is 4.57 Å². The normalized spacial score (nSPS) is 17.2. The monoisotopic (exact) mass is 263 g/mol. The number of rotatable bonds is 3. The van der Waals surface area contributed by atoms with Crippen LogP contribution in [0.15, 0.2) is 18.2 Å². The van der Waals surface area contributed by atoms with Gasteiger partial charge in [-0.2, -0.15) is 0 Å². The van der Waals surface area contributed by atoms with Crippen LogP contribution in [0, 0.1) is 5.82 Å². The zero-order chi connectivity index (χ0) is 13.2. The first-order valence-electron chi connectivity index (χ1n) is 6.77. The smallest absolute Gasteiger partial charge is 0.125 e. The van der Waals surface area contributed by atoms with Crippen LogP contribution in [-0.4, -0.2) is 34.4 Å². The minimum atomic E-state index is -0.266. The van der Waals surface area contributed by atoms with Crippen LogP contribution in [0.25, 0.3) is 11.0 Å². The van der Waals surface area contributed by atoms with E-state index < -0.39 is 0 Å². The molecule has 0 atom stereocenters. The molecule has 0 saturated carbocycles. The van der Waals surface area contributed by atoms with E-state index in [9.17, 15) is 9.50 Å². The number of piperidine rings is 1. The largest absolute Gasteiger partial charge is 0.395 e. The van der Waals surface area contributed by atoms with Gasteiger partial charge in [-0.3, -0.25) is 0 Å². The molecule has 0 spiro atoms. The standard InChI is InChI=1S/C14H18FN3O/c15-11-1-2-13-12(9-11)17-14(18(13)7-8-19)10-3-5-16-6-4-10/h1-2,9-10,16,19H,3-8H2. The lowest BCUT2D eigenvalue weighted by Gasteiger charge is -2.23. The topological polar surface area (TPSA) is 50.1 Å². The predicted octanol–water partition coefficient (Wildman–Crippen LogP) is 1.63. The Morgan fingerprint density at radius 2 is 2.16 bits per heavy atom. The zero-order valence-electron chi connectivity index (χ0n) is 10.8. The molecule has 1 aliphatic rings. The van der Waals surface area contributed by atoms with Gasteiger partial charge in [0.05, 0.1) is 17.6 Å². The van der Waals surface area contributed by atoms with Gasteiger partial charge >= 0.3 is 0 Å². The van der Waals surface area contributed by atoms with Crippen LogP contribution in [-0.2, 0) is 6.54 Å². The van der Waals surface area contributed by atoms with E-state index in [2.05, 4.69) is 10.3 Å². The summed E-state index contributed by atoms with van der Waals surface area (Å²) in [4.78, 5) is 4.60. The van der Waals surface area contributed by atoms with E-state index in [4.69, 9.17) is 0 Å². The maximum Gasteiger partial charge on any atom is 0.125 e. The molecule has 2 heterocycles. The fraction of sp³-hybridized carbons (Fsp3) is 0.500. The summed E-state index contributed by atoms with van der Waals surface area (Å²) in [7, 11) is 0. The van der Waals surface area contributed by atoms with Crippen LogP contribution in [0.3, 0.4) is 0 Å². The molecule has 0 amide bonds. The molecule has 1 aliphatic heterocycles. The fourth-order valence-electron chi connectivity index (χ4n) is 2.85. The molecule has 0 aliphatic carbocycles. The Hall–Kier alpha value is -1.46. The fourth-order valence-corrected chi connectivity index (χ4v) is 2.85. The highest BCUT2D eigenvalue weighted by Crippen LogP contribution is 2.28. The lowest BCUT2D eigenvalue weighted by Crippen LogP contribution is -2.28. The summed E-state index contributed by atoms with van der Waals surface area (Å²) in [5.41, 5.74) is 1.59. The first-order chi connectivity index (χ1) is 9.29. The predicted molar refractivity (Wildman–Crippen MR) is 71.6 cm³/mol. The molecule has 2 aromatic rings. The van der Waals surface area contributed by atoms with Crippen molar-refractivity contribution in [3.05, 3.63) is 29.8 Å². The molecular formula is C14H18FN3O. The quantitative estimate of drug-likeness (QED) is 0.885. The van der Waals surface area contributed by atoms with Crippen molar-refractivity contribution in [3.63, 3.8) is 0 Å². The van der Waals surface area contributed by atoms with E-state index in [0.717, 1.165) is 37.3 Å². The van der Waals surface area contributed by atoms with Crippen molar-refractivity contribution >= 4 is 11.0 Å². The number of aliphatic hydroxyl groups excluding tert-OH is 1. The van der Waals surface area contributed by atoms with E-state index >= 15 is 0 Å². The number of imidazole rings is 1. The second-order valence-corrected chi connectivity index (χ2v) is 5.00. The SMILES string of the molecule is OCCn1c(C2CCNCC2)nc2cc(F)ccc21. The highest BCUT2D eigenvalue weighted by Gasteiger charge is 2.22. The highest BCUT2D eigenvalue weighted by atomic mass is 19.1. The maximum absolute atomic E-state index is 13.3. The second-order valence-electron chi connectivity index (χ2n) is 5.00. The molecule has 102 valence electrons. The molecule has 1 aromatic heterocycles. The molecular weight excluding hydrogens is 245 g/mol. The molecule has 0 unspecified atom stereocenters. The molecule has 1 fully saturated rings. The van der Waals surface area contributed by atoms with Crippen molar-refractivity contribution in [3.8, 4) is 0 Å². The molecule has 2 N–H and O–H groups in total. The number of halogens is 1. The van der Waals surface area contributed by atoms with E-state index in [1.165, 1.54) is 12.1 Å². The van der Waals surface area contributed by atoms with Gasteiger partial charge in [0, 0.05) is 18.5 Å². The summed E-state index contributed by atoms with van der Waals surface area (Å²) < 4.78 is 15.3. The average Bonchev–Trinajstić information content (AvgIpc) is 2.78. The Labute approximate surface area is 111 Å². The molecule has 1 saturated heterocycles. The van der Waals surface area contributed by atoms with Crippen molar-refractivity contribution in [2.75, 3.05) is 19.7 Å². The molecule has 0 bridgehead atoms. The third-order valence-corrected chi connectivity index (χ3v) is 3.77. The van der Waals surface area contributed by atoms with Gasteiger partial charge in [-0.05, 0) is 38.1 Å². The number of nitrogens with one attached hydrogen (secondary N) is 1. The van der Waals surface area contributed by atoms with E-state index in [0.29, 0.717) is 18.0 Å². The molecule has 19 heavy (non-hydrogen) atoms. The number of aromatic nitrogens is 2. The third kappa shape index (κ3) is 2.35. The number of hydrogen-bond donors (Lipinski definition) is 2. The third-order valence-electron chi connectivity index (χ3n) is 3.77. The number of benzene rings is 1. The molecule has 0 radical (unpaired) electrons. The summed E-state index contributed by atoms with van der Waals surface area (Å²) in [5.74, 6) is 1.11. The number of aliphatic hydroxyl groups is 1. The van der Waals surface area contributed by atoms with Crippen molar-refractivity contribution in [2.24, 2.45) is 0 Å². The summed E-state index contributed by atoms with van der Waals surface area (Å²) in [6.07, 6.45) is 2.08. The Bertz CT molecular complexity index is 575. The van der Waals surface area contributed by atoms with Crippen LogP contribution in [0.5, 0.6) is 0 Å². The lowest BCUT2D eigenvalue weighted by atomic mass is 9.97. The van der Waals surface area contributed by atoms with Crippen LogP contribution >= 0.6 is 0 Å². The summed E-state index contributed by atoms with van der Waals surface area (Å²) in [6, 6.07) is 4.66. The number of fused-ring (bicyclic) bond motifs is 1. The van der Waals surface area contributed by atoms with Gasteiger partial charge in [0.1, 0.15) is 11.6 Å². The minimum absolute atomic E-state index is 0.0702. The van der Waals surface area contributed by atoms with Gasteiger partial charge in [0.15, 0.2) is 0 Å². The molecule has 1 aromatic carbocycles. The number of hydrogen-bond acceptors (Lipinski definition) is 3. The minimum Gasteiger partial charge on any atom is -0.395 e. The molecule has 4 nitrogen and oxygen atoms in total. The van der Waals surface area contributed by atoms with Crippen LogP contribution in [0.1, 0.15) is 24.6 Å². The Morgan fingerprint density at radius 3 is 2.89 bits per heavy atom. The van der Waals surface area contributed by atoms with Crippen molar-refractivity contribution in [1.29, 1.82) is 0 Å². The van der Waals surface area contributed by atoms with Crippen LogP contribution in [0.4, 0.5) is 4.39 Å². The summed E-state index contributed by atoms with van der Waals surface area (Å²) >= 11 is 0. The zero-order valence-corrected chi connectivity index (χ0v) is 10.8. The van der Waals surface area contributed by atoms with E-state index in [1.54, 1.807) is 6.07 Å². The second kappa shape index (κ2) is 5.27.